The lowest BCUT2D eigenvalue weighted by Gasteiger charge is -2.08. The van der Waals surface area contributed by atoms with E-state index in [0.29, 0.717) is 0 Å². The number of nitrogens with one attached hydrogen (secondary N) is 3. The molecule has 0 amide bonds. The summed E-state index contributed by atoms with van der Waals surface area (Å²) in [7, 11) is 5.71. The first-order valence-electron chi connectivity index (χ1n) is 3.99. The number of aromatic nitrogens is 1. The van der Waals surface area contributed by atoms with E-state index in [0.717, 1.165) is 11.5 Å². The Morgan fingerprint density at radius 2 is 1.83 bits per heavy atom. The minimum absolute atomic E-state index is 1.05. The molecule has 0 aliphatic carbocycles. The average Bonchev–Trinajstić information content (AvgIpc) is 2.40. The van der Waals surface area contributed by atoms with E-state index >= 15 is 0 Å². The second-order valence-corrected chi connectivity index (χ2v) is 2.63. The molecule has 0 spiro atoms. The smallest absolute Gasteiger partial charge is 0.148 e. The third-order valence-corrected chi connectivity index (χ3v) is 1.92. The molecule has 0 saturated heterocycles. The molecule has 0 radical (unpaired) electrons. The van der Waals surface area contributed by atoms with E-state index in [9.17, 15) is 0 Å². The number of nitrogens with zero attached hydrogens (tertiary/aromatic N) is 1. The summed E-state index contributed by atoms with van der Waals surface area (Å²) in [5.74, 6) is 1.05. The Hall–Kier alpha value is -1.32. The molecular formula is C8H16N4. The van der Waals surface area contributed by atoms with Gasteiger partial charge in [0.25, 0.3) is 0 Å². The van der Waals surface area contributed by atoms with Crippen LogP contribution in [0.3, 0.4) is 0 Å². The molecule has 0 atom stereocenters. The molecule has 4 heteroatoms. The van der Waals surface area contributed by atoms with Crippen molar-refractivity contribution in [3.05, 3.63) is 11.8 Å². The van der Waals surface area contributed by atoms with Gasteiger partial charge in [0.05, 0.1) is 5.69 Å². The second-order valence-electron chi connectivity index (χ2n) is 2.63. The molecule has 1 heterocycles. The van der Waals surface area contributed by atoms with Crippen LogP contribution < -0.4 is 16.1 Å². The van der Waals surface area contributed by atoms with E-state index < -0.39 is 0 Å². The molecule has 12 heavy (non-hydrogen) atoms. The van der Waals surface area contributed by atoms with Gasteiger partial charge >= 0.3 is 0 Å². The molecule has 0 aliphatic heterocycles. The molecular weight excluding hydrogens is 152 g/mol. The fourth-order valence-electron chi connectivity index (χ4n) is 1.37. The highest BCUT2D eigenvalue weighted by molar-refractivity contribution is 5.70. The van der Waals surface area contributed by atoms with Gasteiger partial charge in [-0.1, -0.05) is 0 Å². The van der Waals surface area contributed by atoms with Crippen molar-refractivity contribution in [2.24, 2.45) is 0 Å². The lowest BCUT2D eigenvalue weighted by molar-refractivity contribution is 0.938. The first kappa shape index (κ1) is 8.77. The van der Waals surface area contributed by atoms with Gasteiger partial charge in [-0.2, -0.15) is 0 Å². The van der Waals surface area contributed by atoms with Crippen molar-refractivity contribution in [2.75, 3.05) is 37.2 Å². The molecule has 4 nitrogen and oxygen atoms in total. The average molecular weight is 168 g/mol. The molecule has 1 rings (SSSR count). The third kappa shape index (κ3) is 1.20. The molecule has 0 aliphatic rings. The van der Waals surface area contributed by atoms with Crippen LogP contribution in [0.5, 0.6) is 0 Å². The summed E-state index contributed by atoms with van der Waals surface area (Å²) in [6, 6.07) is 0. The molecule has 0 saturated carbocycles. The van der Waals surface area contributed by atoms with Crippen LogP contribution in [0.25, 0.3) is 0 Å². The Bertz CT molecular complexity index is 264. The molecule has 0 fully saturated rings. The summed E-state index contributed by atoms with van der Waals surface area (Å²) in [6.45, 7) is 2.07. The minimum Gasteiger partial charge on any atom is -0.385 e. The van der Waals surface area contributed by atoms with Crippen molar-refractivity contribution in [2.45, 2.75) is 6.92 Å². The van der Waals surface area contributed by atoms with Gasteiger partial charge in [-0.25, -0.2) is 4.68 Å². The Morgan fingerprint density at radius 1 is 1.17 bits per heavy atom. The molecule has 0 aromatic carbocycles. The lowest BCUT2D eigenvalue weighted by Crippen LogP contribution is -2.11. The van der Waals surface area contributed by atoms with Crippen LogP contribution in [0.4, 0.5) is 11.5 Å². The number of anilines is 2. The van der Waals surface area contributed by atoms with E-state index in [1.807, 2.05) is 32.0 Å². The summed E-state index contributed by atoms with van der Waals surface area (Å²) >= 11 is 0. The minimum atomic E-state index is 1.05. The highest BCUT2D eigenvalue weighted by Gasteiger charge is 2.08. The quantitative estimate of drug-likeness (QED) is 0.632. The van der Waals surface area contributed by atoms with Crippen LogP contribution in [0.1, 0.15) is 5.56 Å². The largest absolute Gasteiger partial charge is 0.385 e. The predicted octanol–water partition coefficient (Wildman–Crippen LogP) is 1.05. The van der Waals surface area contributed by atoms with Gasteiger partial charge in [-0.15, -0.1) is 0 Å². The molecule has 1 aromatic heterocycles. The van der Waals surface area contributed by atoms with Crippen LogP contribution in [-0.4, -0.2) is 25.8 Å². The molecule has 1 aromatic rings. The topological polar surface area (TPSA) is 41.0 Å². The van der Waals surface area contributed by atoms with E-state index in [1.54, 1.807) is 0 Å². The number of hydrogen-bond donors (Lipinski definition) is 3. The van der Waals surface area contributed by atoms with Crippen LogP contribution in [0, 0.1) is 6.92 Å². The third-order valence-electron chi connectivity index (χ3n) is 1.92. The predicted molar refractivity (Wildman–Crippen MR) is 53.5 cm³/mol. The summed E-state index contributed by atoms with van der Waals surface area (Å²) in [5.41, 5.74) is 5.41. The fourth-order valence-corrected chi connectivity index (χ4v) is 1.37. The highest BCUT2D eigenvalue weighted by Crippen LogP contribution is 2.25. The zero-order chi connectivity index (χ0) is 9.14. The zero-order valence-corrected chi connectivity index (χ0v) is 8.02. The van der Waals surface area contributed by atoms with Gasteiger partial charge in [0.1, 0.15) is 5.82 Å². The maximum Gasteiger partial charge on any atom is 0.148 e. The van der Waals surface area contributed by atoms with Crippen LogP contribution in [-0.2, 0) is 0 Å². The Labute approximate surface area is 72.9 Å². The molecule has 3 N–H and O–H groups in total. The Balaban J connectivity index is 3.16. The van der Waals surface area contributed by atoms with Crippen LogP contribution in [0.15, 0.2) is 6.20 Å². The van der Waals surface area contributed by atoms with Gasteiger partial charge in [0.2, 0.25) is 0 Å². The number of hydrogen-bond acceptors (Lipinski definition) is 3. The Morgan fingerprint density at radius 3 is 2.25 bits per heavy atom. The van der Waals surface area contributed by atoms with Crippen molar-refractivity contribution >= 4 is 11.5 Å². The van der Waals surface area contributed by atoms with Gasteiger partial charge in [0, 0.05) is 27.3 Å². The summed E-state index contributed by atoms with van der Waals surface area (Å²) in [5, 5.41) is 6.27. The van der Waals surface area contributed by atoms with Crippen molar-refractivity contribution in [3.8, 4) is 0 Å². The monoisotopic (exact) mass is 168 g/mol. The number of aryl methyl sites for hydroxylation is 1. The highest BCUT2D eigenvalue weighted by atomic mass is 15.4. The maximum atomic E-state index is 3.15. The first-order valence-corrected chi connectivity index (χ1v) is 3.99. The molecule has 68 valence electrons. The molecule has 0 unspecified atom stereocenters. The van der Waals surface area contributed by atoms with Gasteiger partial charge in [-0.3, -0.25) is 0 Å². The normalized spacial score (nSPS) is 9.67. The van der Waals surface area contributed by atoms with E-state index in [1.165, 1.54) is 5.56 Å². The van der Waals surface area contributed by atoms with E-state index in [-0.39, 0.29) is 0 Å². The summed E-state index contributed by atoms with van der Waals surface area (Å²) in [6.07, 6.45) is 2.04. The number of rotatable bonds is 3. The van der Waals surface area contributed by atoms with E-state index in [4.69, 9.17) is 0 Å². The Kier molecular flexibility index (Phi) is 2.47. The summed E-state index contributed by atoms with van der Waals surface area (Å²) < 4.78 is 1.95. The van der Waals surface area contributed by atoms with E-state index in [2.05, 4.69) is 23.0 Å². The standard InChI is InChI=1S/C8H16N4/c1-6-5-12(11-4)8(10-3)7(6)9-2/h5,9-11H,1-4H3. The SMILES string of the molecule is CNc1c(C)cn(NC)c1NC. The van der Waals surface area contributed by atoms with Crippen LogP contribution >= 0.6 is 0 Å². The van der Waals surface area contributed by atoms with Crippen molar-refractivity contribution < 1.29 is 0 Å². The van der Waals surface area contributed by atoms with Crippen molar-refractivity contribution in [1.82, 2.24) is 4.68 Å². The second kappa shape index (κ2) is 3.38. The van der Waals surface area contributed by atoms with Crippen LogP contribution in [0.2, 0.25) is 0 Å². The molecule has 0 bridgehead atoms. The van der Waals surface area contributed by atoms with Gasteiger partial charge in [-0.05, 0) is 12.5 Å². The fraction of sp³-hybridized carbons (Fsp3) is 0.500. The van der Waals surface area contributed by atoms with Gasteiger partial charge < -0.3 is 16.1 Å². The van der Waals surface area contributed by atoms with Crippen molar-refractivity contribution in [3.63, 3.8) is 0 Å². The van der Waals surface area contributed by atoms with Crippen molar-refractivity contribution in [1.29, 1.82) is 0 Å². The summed E-state index contributed by atoms with van der Waals surface area (Å²) in [4.78, 5) is 0. The first-order chi connectivity index (χ1) is 5.74. The maximum absolute atomic E-state index is 3.15. The zero-order valence-electron chi connectivity index (χ0n) is 8.02. The van der Waals surface area contributed by atoms with Gasteiger partial charge in [0.15, 0.2) is 0 Å². The lowest BCUT2D eigenvalue weighted by atomic mass is 10.3.